The van der Waals surface area contributed by atoms with Crippen molar-refractivity contribution < 1.29 is 19.1 Å². The molecule has 0 rings (SSSR count). The zero-order valence-electron chi connectivity index (χ0n) is 21.4. The Kier molecular flexibility index (Phi) is 20.1. The Morgan fingerprint density at radius 1 is 0.548 bits per heavy atom. The fourth-order valence-corrected chi connectivity index (χ4v) is 3.45. The number of hydrogen-bond donors (Lipinski definition) is 0. The van der Waals surface area contributed by atoms with Crippen molar-refractivity contribution in [1.29, 1.82) is 0 Å². The number of ether oxygens (including phenoxy) is 2. The molecule has 184 valence electrons. The van der Waals surface area contributed by atoms with Crippen LogP contribution in [0.3, 0.4) is 0 Å². The van der Waals surface area contributed by atoms with Crippen molar-refractivity contribution in [3.8, 4) is 0 Å². The van der Waals surface area contributed by atoms with E-state index >= 15 is 0 Å². The highest BCUT2D eigenvalue weighted by atomic mass is 16.5. The van der Waals surface area contributed by atoms with Gasteiger partial charge in [0.25, 0.3) is 0 Å². The third-order valence-electron chi connectivity index (χ3n) is 5.82. The van der Waals surface area contributed by atoms with E-state index in [1.807, 2.05) is 6.92 Å². The van der Waals surface area contributed by atoms with Gasteiger partial charge in [0, 0.05) is 6.42 Å². The van der Waals surface area contributed by atoms with Crippen LogP contribution in [-0.4, -0.2) is 25.2 Å². The number of carbonyl (C=O) groups excluding carboxylic acids is 2. The van der Waals surface area contributed by atoms with Crippen LogP contribution < -0.4 is 0 Å². The second-order valence-corrected chi connectivity index (χ2v) is 10.1. The fraction of sp³-hybridized carbons (Fsp3) is 0.926. The summed E-state index contributed by atoms with van der Waals surface area (Å²) >= 11 is 0. The molecule has 1 atom stereocenters. The van der Waals surface area contributed by atoms with Crippen LogP contribution in [-0.2, 0) is 19.1 Å². The Hall–Kier alpha value is -1.06. The third kappa shape index (κ3) is 21.9. The highest BCUT2D eigenvalue weighted by Gasteiger charge is 2.13. The molecule has 0 radical (unpaired) electrons. The lowest BCUT2D eigenvalue weighted by atomic mass is 10.0. The molecule has 0 aliphatic rings. The lowest BCUT2D eigenvalue weighted by Gasteiger charge is -2.12. The highest BCUT2D eigenvalue weighted by Crippen LogP contribution is 2.15. The Balaban J connectivity index is 3.32. The lowest BCUT2D eigenvalue weighted by Crippen LogP contribution is -2.16. The summed E-state index contributed by atoms with van der Waals surface area (Å²) in [6, 6.07) is 0. The molecule has 0 N–H and O–H groups in total. The average molecular weight is 441 g/mol. The van der Waals surface area contributed by atoms with Crippen LogP contribution in [0.2, 0.25) is 0 Å². The monoisotopic (exact) mass is 440 g/mol. The molecule has 0 fully saturated rings. The molecular formula is C27H52O4. The van der Waals surface area contributed by atoms with E-state index in [1.165, 1.54) is 51.4 Å². The molecule has 0 amide bonds. The molecule has 0 saturated carbocycles. The molecule has 0 saturated heterocycles. The molecular weight excluding hydrogens is 388 g/mol. The molecule has 31 heavy (non-hydrogen) atoms. The normalized spacial score (nSPS) is 12.4. The quantitative estimate of drug-likeness (QED) is 0.135. The van der Waals surface area contributed by atoms with Crippen molar-refractivity contribution in [2.24, 2.45) is 17.8 Å². The summed E-state index contributed by atoms with van der Waals surface area (Å²) in [4.78, 5) is 23.5. The first-order valence-corrected chi connectivity index (χ1v) is 13.1. The minimum atomic E-state index is -0.0296. The van der Waals surface area contributed by atoms with E-state index in [9.17, 15) is 9.59 Å². The molecule has 0 bridgehead atoms. The van der Waals surface area contributed by atoms with Crippen molar-refractivity contribution in [2.75, 3.05) is 13.2 Å². The Morgan fingerprint density at radius 3 is 1.45 bits per heavy atom. The van der Waals surface area contributed by atoms with Gasteiger partial charge in [-0.3, -0.25) is 9.59 Å². The third-order valence-corrected chi connectivity index (χ3v) is 5.82. The smallest absolute Gasteiger partial charge is 0.308 e. The average Bonchev–Trinajstić information content (AvgIpc) is 2.70. The minimum absolute atomic E-state index is 0.0244. The maximum absolute atomic E-state index is 11.9. The second kappa shape index (κ2) is 20.8. The van der Waals surface area contributed by atoms with Gasteiger partial charge in [0.05, 0.1) is 19.1 Å². The molecule has 0 aliphatic heterocycles. The predicted octanol–water partition coefficient (Wildman–Crippen LogP) is 7.87. The molecule has 0 aromatic rings. The first-order valence-electron chi connectivity index (χ1n) is 13.1. The summed E-state index contributed by atoms with van der Waals surface area (Å²) in [6.07, 6.45) is 16.9. The van der Waals surface area contributed by atoms with Gasteiger partial charge in [0.15, 0.2) is 0 Å². The largest absolute Gasteiger partial charge is 0.466 e. The first kappa shape index (κ1) is 29.9. The minimum Gasteiger partial charge on any atom is -0.466 e. The van der Waals surface area contributed by atoms with Crippen molar-refractivity contribution in [1.82, 2.24) is 0 Å². The van der Waals surface area contributed by atoms with Crippen molar-refractivity contribution in [3.63, 3.8) is 0 Å². The van der Waals surface area contributed by atoms with Crippen molar-refractivity contribution in [3.05, 3.63) is 0 Å². The van der Waals surface area contributed by atoms with Crippen molar-refractivity contribution >= 4 is 11.9 Å². The molecule has 0 aliphatic carbocycles. The first-order chi connectivity index (χ1) is 14.8. The Morgan fingerprint density at radius 2 is 0.968 bits per heavy atom. The summed E-state index contributed by atoms with van der Waals surface area (Å²) in [7, 11) is 0. The van der Waals surface area contributed by atoms with Crippen LogP contribution >= 0.6 is 0 Å². The number of rotatable bonds is 21. The summed E-state index contributed by atoms with van der Waals surface area (Å²) < 4.78 is 10.6. The van der Waals surface area contributed by atoms with Gasteiger partial charge in [0.2, 0.25) is 0 Å². The summed E-state index contributed by atoms with van der Waals surface area (Å²) in [6.45, 7) is 11.7. The van der Waals surface area contributed by atoms with Crippen LogP contribution in [0, 0.1) is 17.8 Å². The standard InChI is InChI=1S/C27H52O4/c1-23(2)19-21-30-26(28)18-16-14-12-10-8-6-7-9-11-13-15-17-25(5)27(29)31-22-20-24(3)4/h23-25H,6-22H2,1-5H3. The summed E-state index contributed by atoms with van der Waals surface area (Å²) in [5, 5.41) is 0. The van der Waals surface area contributed by atoms with E-state index in [1.54, 1.807) is 0 Å². The van der Waals surface area contributed by atoms with Crippen LogP contribution in [0.15, 0.2) is 0 Å². The fourth-order valence-electron chi connectivity index (χ4n) is 3.45. The predicted molar refractivity (Wildman–Crippen MR) is 130 cm³/mol. The van der Waals surface area contributed by atoms with E-state index < -0.39 is 0 Å². The Labute approximate surface area is 193 Å². The van der Waals surface area contributed by atoms with Crippen LogP contribution in [0.4, 0.5) is 0 Å². The van der Waals surface area contributed by atoms with Gasteiger partial charge in [0.1, 0.15) is 0 Å². The zero-order valence-corrected chi connectivity index (χ0v) is 21.4. The van der Waals surface area contributed by atoms with Gasteiger partial charge >= 0.3 is 11.9 Å². The number of esters is 2. The van der Waals surface area contributed by atoms with E-state index in [-0.39, 0.29) is 17.9 Å². The van der Waals surface area contributed by atoms with Gasteiger partial charge in [-0.15, -0.1) is 0 Å². The number of unbranched alkanes of at least 4 members (excludes halogenated alkanes) is 10. The maximum atomic E-state index is 11.9. The van der Waals surface area contributed by atoms with E-state index in [2.05, 4.69) is 27.7 Å². The second-order valence-electron chi connectivity index (χ2n) is 10.1. The molecule has 4 nitrogen and oxygen atoms in total. The molecule has 0 aromatic heterocycles. The topological polar surface area (TPSA) is 52.6 Å². The van der Waals surface area contributed by atoms with Crippen LogP contribution in [0.1, 0.15) is 131 Å². The van der Waals surface area contributed by atoms with E-state index in [0.717, 1.165) is 38.5 Å². The van der Waals surface area contributed by atoms with Gasteiger partial charge < -0.3 is 9.47 Å². The molecule has 0 aromatic carbocycles. The zero-order chi connectivity index (χ0) is 23.3. The lowest BCUT2D eigenvalue weighted by molar-refractivity contribution is -0.148. The molecule has 4 heteroatoms. The molecule has 1 unspecified atom stereocenters. The molecule has 0 spiro atoms. The van der Waals surface area contributed by atoms with Crippen molar-refractivity contribution in [2.45, 2.75) is 131 Å². The van der Waals surface area contributed by atoms with E-state index in [0.29, 0.717) is 31.5 Å². The van der Waals surface area contributed by atoms with Gasteiger partial charge in [-0.1, -0.05) is 98.8 Å². The van der Waals surface area contributed by atoms with E-state index in [4.69, 9.17) is 9.47 Å². The number of carbonyl (C=O) groups is 2. The SMILES string of the molecule is CC(C)CCOC(=O)CCCCCCCCCCCCCC(C)C(=O)OCCC(C)C. The summed E-state index contributed by atoms with van der Waals surface area (Å²) in [5.41, 5.74) is 0. The van der Waals surface area contributed by atoms with Crippen LogP contribution in [0.5, 0.6) is 0 Å². The maximum Gasteiger partial charge on any atom is 0.308 e. The Bertz CT molecular complexity index is 431. The number of hydrogen-bond acceptors (Lipinski definition) is 4. The van der Waals surface area contributed by atoms with Gasteiger partial charge in [-0.25, -0.2) is 0 Å². The highest BCUT2D eigenvalue weighted by molar-refractivity contribution is 5.71. The van der Waals surface area contributed by atoms with Crippen LogP contribution in [0.25, 0.3) is 0 Å². The van der Waals surface area contributed by atoms with Gasteiger partial charge in [-0.2, -0.15) is 0 Å². The van der Waals surface area contributed by atoms with Gasteiger partial charge in [-0.05, 0) is 37.5 Å². The summed E-state index contributed by atoms with van der Waals surface area (Å²) in [5.74, 6) is 1.15. The molecule has 0 heterocycles.